The van der Waals surface area contributed by atoms with Crippen LogP contribution in [0.1, 0.15) is 78.9 Å². The minimum Gasteiger partial charge on any atom is -0.444 e. The number of ether oxygens (including phenoxy) is 1. The molecule has 7 rings (SSSR count). The average molecular weight is 671 g/mol. The van der Waals surface area contributed by atoms with Crippen molar-refractivity contribution in [2.45, 2.75) is 77.6 Å². The third-order valence-corrected chi connectivity index (χ3v) is 10.1. The molecule has 1 fully saturated rings. The lowest BCUT2D eigenvalue weighted by atomic mass is 9.89. The van der Waals surface area contributed by atoms with Crippen molar-refractivity contribution >= 4 is 34.4 Å². The Morgan fingerprint density at radius 3 is 2.56 bits per heavy atom. The van der Waals surface area contributed by atoms with Crippen LogP contribution in [-0.4, -0.2) is 60.9 Å². The van der Waals surface area contributed by atoms with Gasteiger partial charge in [-0.05, 0) is 87.6 Å². The highest BCUT2D eigenvalue weighted by Gasteiger charge is 2.42. The van der Waals surface area contributed by atoms with E-state index in [1.807, 2.05) is 49.6 Å². The van der Waals surface area contributed by atoms with E-state index in [-0.39, 0.29) is 23.8 Å². The number of fused-ring (bicyclic) bond motifs is 2. The molecule has 3 aliphatic heterocycles. The Labute approximate surface area is 282 Å². The molecule has 5 heterocycles. The highest BCUT2D eigenvalue weighted by Crippen LogP contribution is 2.38. The predicted octanol–water partition coefficient (Wildman–Crippen LogP) is 6.62. The number of aromatic nitrogens is 3. The Hall–Kier alpha value is -4.58. The van der Waals surface area contributed by atoms with Gasteiger partial charge in [0.05, 0.1) is 18.6 Å². The molecule has 1 saturated heterocycles. The molecule has 1 atom stereocenters. The van der Waals surface area contributed by atoms with Crippen molar-refractivity contribution in [3.05, 3.63) is 88.2 Å². The summed E-state index contributed by atoms with van der Waals surface area (Å²) in [7, 11) is 0. The average Bonchev–Trinajstić information content (AvgIpc) is 3.85. The molecule has 12 heteroatoms. The molecular weight excluding hydrogens is 631 g/mol. The van der Waals surface area contributed by atoms with Crippen LogP contribution in [0.3, 0.4) is 0 Å². The third-order valence-electron chi connectivity index (χ3n) is 9.37. The highest BCUT2D eigenvalue weighted by molar-refractivity contribution is 7.13. The van der Waals surface area contributed by atoms with Gasteiger partial charge in [0, 0.05) is 48.0 Å². The maximum absolute atomic E-state index is 15.7. The maximum Gasteiger partial charge on any atom is 0.410 e. The number of imidazole rings is 1. The number of aryl methyl sites for hydroxylation is 1. The number of nitrogens with one attached hydrogen (secondary N) is 1. The zero-order valence-electron chi connectivity index (χ0n) is 27.4. The van der Waals surface area contributed by atoms with Gasteiger partial charge in [-0.25, -0.2) is 19.2 Å². The molecule has 0 bridgehead atoms. The number of anilines is 1. The Bertz CT molecular complexity index is 1840. The first-order chi connectivity index (χ1) is 23.0. The lowest BCUT2D eigenvalue weighted by molar-refractivity contribution is -0.121. The second-order valence-electron chi connectivity index (χ2n) is 13.8. The Kier molecular flexibility index (Phi) is 8.53. The highest BCUT2D eigenvalue weighted by atomic mass is 32.1. The largest absolute Gasteiger partial charge is 0.444 e. The van der Waals surface area contributed by atoms with Crippen molar-refractivity contribution in [1.29, 1.82) is 0 Å². The molecule has 250 valence electrons. The number of carbonyl (C=O) groups excluding carboxylic acids is 3. The van der Waals surface area contributed by atoms with Crippen LogP contribution in [-0.2, 0) is 35.5 Å². The van der Waals surface area contributed by atoms with Crippen LogP contribution in [0, 0.1) is 11.7 Å². The molecule has 1 N–H and O–H groups in total. The van der Waals surface area contributed by atoms with Crippen molar-refractivity contribution in [3.8, 4) is 11.1 Å². The SMILES string of the molecule is CC(C)(C)OC(=O)N1CCC(Cc2ccc(-c3cc(F)c4c(c3)C(=O)N(C(C(=O)Nc3nccs3)c3ncn5c3CCC5)C4)cc2)CC1. The molecule has 3 amide bonds. The summed E-state index contributed by atoms with van der Waals surface area (Å²) in [6.45, 7) is 7.75. The van der Waals surface area contributed by atoms with Gasteiger partial charge in [-0.3, -0.25) is 14.9 Å². The van der Waals surface area contributed by atoms with Gasteiger partial charge in [0.1, 0.15) is 11.4 Å². The topological polar surface area (TPSA) is 110 Å². The van der Waals surface area contributed by atoms with Crippen molar-refractivity contribution < 1.29 is 23.5 Å². The van der Waals surface area contributed by atoms with Crippen LogP contribution in [0.25, 0.3) is 11.1 Å². The summed E-state index contributed by atoms with van der Waals surface area (Å²) in [5.74, 6) is -0.855. The summed E-state index contributed by atoms with van der Waals surface area (Å²) < 4.78 is 23.3. The van der Waals surface area contributed by atoms with E-state index in [2.05, 4.69) is 15.3 Å². The fourth-order valence-corrected chi connectivity index (χ4v) is 7.51. The summed E-state index contributed by atoms with van der Waals surface area (Å²) >= 11 is 1.29. The van der Waals surface area contributed by atoms with Crippen LogP contribution in [0.15, 0.2) is 54.3 Å². The summed E-state index contributed by atoms with van der Waals surface area (Å²) in [5, 5.41) is 5.02. The lowest BCUT2D eigenvalue weighted by Gasteiger charge is -2.33. The number of halogens is 1. The third kappa shape index (κ3) is 6.45. The minimum absolute atomic E-state index is 0.0335. The number of thiazole rings is 1. The van der Waals surface area contributed by atoms with Gasteiger partial charge in [0.15, 0.2) is 11.2 Å². The molecule has 2 aromatic heterocycles. The van der Waals surface area contributed by atoms with Crippen molar-refractivity contribution in [2.24, 2.45) is 5.92 Å². The first kappa shape index (κ1) is 32.0. The van der Waals surface area contributed by atoms with Crippen LogP contribution in [0.4, 0.5) is 14.3 Å². The van der Waals surface area contributed by atoms with Gasteiger partial charge in [-0.15, -0.1) is 11.3 Å². The van der Waals surface area contributed by atoms with Gasteiger partial charge in [0.2, 0.25) is 0 Å². The number of benzene rings is 2. The Balaban J connectivity index is 1.06. The monoisotopic (exact) mass is 670 g/mol. The Morgan fingerprint density at radius 2 is 1.85 bits per heavy atom. The van der Waals surface area contributed by atoms with E-state index in [9.17, 15) is 14.4 Å². The minimum atomic E-state index is -1.03. The second-order valence-corrected chi connectivity index (χ2v) is 14.7. The molecule has 0 aliphatic carbocycles. The van der Waals surface area contributed by atoms with Crippen LogP contribution in [0.2, 0.25) is 0 Å². The molecule has 0 saturated carbocycles. The normalized spacial score (nSPS) is 17.0. The molecule has 10 nitrogen and oxygen atoms in total. The number of amides is 3. The summed E-state index contributed by atoms with van der Waals surface area (Å²) in [6.07, 6.45) is 7.44. The first-order valence-electron chi connectivity index (χ1n) is 16.5. The maximum atomic E-state index is 15.7. The number of carbonyl (C=O) groups is 3. The zero-order chi connectivity index (χ0) is 33.6. The van der Waals surface area contributed by atoms with Crippen LogP contribution in [0.5, 0.6) is 0 Å². The van der Waals surface area contributed by atoms with Crippen molar-refractivity contribution in [2.75, 3.05) is 18.4 Å². The quantitative estimate of drug-likeness (QED) is 0.237. The van der Waals surface area contributed by atoms with Gasteiger partial charge in [-0.2, -0.15) is 0 Å². The summed E-state index contributed by atoms with van der Waals surface area (Å²) in [5.41, 5.74) is 4.05. The smallest absolute Gasteiger partial charge is 0.410 e. The number of likely N-dealkylation sites (tertiary alicyclic amines) is 1. The summed E-state index contributed by atoms with van der Waals surface area (Å²) in [4.78, 5) is 52.1. The zero-order valence-corrected chi connectivity index (χ0v) is 28.2. The van der Waals surface area contributed by atoms with E-state index in [1.54, 1.807) is 28.9 Å². The second kappa shape index (κ2) is 12.8. The molecule has 0 radical (unpaired) electrons. The number of nitrogens with zero attached hydrogens (tertiary/aromatic N) is 5. The predicted molar refractivity (Wildman–Crippen MR) is 180 cm³/mol. The van der Waals surface area contributed by atoms with Crippen molar-refractivity contribution in [3.63, 3.8) is 0 Å². The van der Waals surface area contributed by atoms with Gasteiger partial charge in [0.25, 0.3) is 11.8 Å². The van der Waals surface area contributed by atoms with E-state index in [0.29, 0.717) is 35.4 Å². The standard InChI is InChI=1S/C36H39FN6O4S/c1-36(2,3)47-35(46)41-14-10-23(11-15-41)17-22-6-8-24(9-7-22)25-18-26-27(28(37)19-25)20-43(33(26)45)31(32(44)40-34-38-12-16-48-34)30-29-5-4-13-42(29)21-39-30/h6-9,12,16,18-19,21,23,31H,4-5,10-11,13-15,17,20H2,1-3H3,(H,38,40,44). The van der Waals surface area contributed by atoms with Gasteiger partial charge in [-0.1, -0.05) is 24.3 Å². The van der Waals surface area contributed by atoms with E-state index >= 15 is 4.39 Å². The lowest BCUT2D eigenvalue weighted by Crippen LogP contribution is -2.42. The Morgan fingerprint density at radius 1 is 1.08 bits per heavy atom. The molecule has 0 spiro atoms. The van der Waals surface area contributed by atoms with Crippen LogP contribution >= 0.6 is 11.3 Å². The molecule has 48 heavy (non-hydrogen) atoms. The van der Waals surface area contributed by atoms with Gasteiger partial charge >= 0.3 is 6.09 Å². The number of hydrogen-bond acceptors (Lipinski definition) is 7. The number of hydrogen-bond donors (Lipinski definition) is 1. The molecular formula is C36H39FN6O4S. The fraction of sp³-hybridized carbons (Fsp3) is 0.417. The molecule has 3 aliphatic rings. The van der Waals surface area contributed by atoms with E-state index in [4.69, 9.17) is 4.74 Å². The molecule has 2 aromatic carbocycles. The fourth-order valence-electron chi connectivity index (χ4n) is 6.98. The number of piperidine rings is 1. The summed E-state index contributed by atoms with van der Waals surface area (Å²) in [6, 6.07) is 10.2. The van der Waals surface area contributed by atoms with Crippen molar-refractivity contribution in [1.82, 2.24) is 24.3 Å². The molecule has 1 unspecified atom stereocenters. The van der Waals surface area contributed by atoms with E-state index in [0.717, 1.165) is 49.9 Å². The van der Waals surface area contributed by atoms with E-state index < -0.39 is 29.3 Å². The van der Waals surface area contributed by atoms with E-state index in [1.165, 1.54) is 27.9 Å². The first-order valence-corrected chi connectivity index (χ1v) is 17.4. The molecule has 4 aromatic rings. The van der Waals surface area contributed by atoms with Crippen LogP contribution < -0.4 is 5.32 Å². The van der Waals surface area contributed by atoms with Gasteiger partial charge < -0.3 is 19.1 Å². The number of rotatable bonds is 7.